The maximum atomic E-state index is 2.05. The molecule has 0 spiro atoms. The van der Waals surface area contributed by atoms with Crippen LogP contribution in [0.3, 0.4) is 0 Å². The predicted molar refractivity (Wildman–Crippen MR) is 27.0 cm³/mol. The quantitative estimate of drug-likeness (QED) is 0.519. The second-order valence-corrected chi connectivity index (χ2v) is 2.38. The molecule has 1 aromatic heterocycles. The summed E-state index contributed by atoms with van der Waals surface area (Å²) in [5, 5.41) is 0. The fourth-order valence-electron chi connectivity index (χ4n) is 0.325. The summed E-state index contributed by atoms with van der Waals surface area (Å²) in [4.78, 5) is 0. The Kier molecular flexibility index (Phi) is 1.19. The van der Waals surface area contributed by atoms with Crippen molar-refractivity contribution in [2.45, 2.75) is 0 Å². The van der Waals surface area contributed by atoms with Gasteiger partial charge in [-0.05, 0) is 0 Å². The van der Waals surface area contributed by atoms with Crippen LogP contribution in [-0.4, -0.2) is 25.4 Å². The molecule has 2 heteroatoms. The first kappa shape index (κ1) is 4.23. The van der Waals surface area contributed by atoms with Crippen LogP contribution in [-0.2, 0) is 0 Å². The van der Waals surface area contributed by atoms with E-state index < -0.39 is 0 Å². The Hall–Kier alpha value is 0.0696. The first-order valence-corrected chi connectivity index (χ1v) is 2.86. The molecule has 1 aromatic rings. The van der Waals surface area contributed by atoms with Crippen molar-refractivity contribution in [2.75, 3.05) is 0 Å². The molecule has 0 aliphatic carbocycles. The molecule has 6 heavy (non-hydrogen) atoms. The Bertz CT molecular complexity index is 111. The number of hydrogen-bond acceptors (Lipinski definition) is 0. The van der Waals surface area contributed by atoms with E-state index in [-0.39, 0.29) is 0 Å². The van der Waals surface area contributed by atoms with Gasteiger partial charge in [-0.2, -0.15) is 0 Å². The topological polar surface area (TPSA) is 4.93 Å². The van der Waals surface area contributed by atoms with Gasteiger partial charge in [-0.15, -0.1) is 0 Å². The van der Waals surface area contributed by atoms with Gasteiger partial charge in [0.15, 0.2) is 0 Å². The molecule has 0 radical (unpaired) electrons. The zero-order chi connectivity index (χ0) is 4.41. The fourth-order valence-corrected chi connectivity index (χ4v) is 0.765. The summed E-state index contributed by atoms with van der Waals surface area (Å²) in [5.41, 5.74) is 0. The van der Waals surface area contributed by atoms with E-state index in [0.717, 1.165) is 0 Å². The second-order valence-electron chi connectivity index (χ2n) is 1.06. The second kappa shape index (κ2) is 1.68. The number of rotatable bonds is 0. The third-order valence-electron chi connectivity index (χ3n) is 0.589. The minimum atomic E-state index is 1.68. The van der Waals surface area contributed by atoms with Crippen LogP contribution in [0.4, 0.5) is 0 Å². The zero-order valence-corrected chi connectivity index (χ0v) is 5.76. The molecule has 0 atom stereocenters. The van der Waals surface area contributed by atoms with Crippen molar-refractivity contribution in [1.29, 1.82) is 0 Å². The summed E-state index contributed by atoms with van der Waals surface area (Å²) in [6.07, 6.45) is 4.04. The van der Waals surface area contributed by atoms with Gasteiger partial charge in [-0.3, -0.25) is 0 Å². The van der Waals surface area contributed by atoms with Gasteiger partial charge in [0, 0.05) is 0 Å². The molecule has 0 N–H and O–H groups in total. The van der Waals surface area contributed by atoms with E-state index in [1.54, 1.807) is 22.6 Å². The molecule has 32 valence electrons. The van der Waals surface area contributed by atoms with Crippen molar-refractivity contribution >= 4 is 22.6 Å². The number of hydrogen-bond donors (Lipinski definition) is 0. The monoisotopic (exact) mass is 197 g/mol. The van der Waals surface area contributed by atoms with Gasteiger partial charge >= 0.3 is 49.9 Å². The third-order valence-corrected chi connectivity index (χ3v) is 1.35. The van der Waals surface area contributed by atoms with Crippen LogP contribution in [0.5, 0.6) is 0 Å². The molecule has 1 nitrogen and oxygen atoms in total. The zero-order valence-electron chi connectivity index (χ0n) is 3.20. The Balaban J connectivity index is 3.05. The summed E-state index contributed by atoms with van der Waals surface area (Å²) < 4.78 is 2.05. The first-order valence-electron chi connectivity index (χ1n) is 1.72. The average molecular weight is 195 g/mol. The van der Waals surface area contributed by atoms with Crippen molar-refractivity contribution in [2.24, 2.45) is 0 Å². The van der Waals surface area contributed by atoms with Gasteiger partial charge in [0.25, 0.3) is 0 Å². The maximum absolute atomic E-state index is 2.05. The van der Waals surface area contributed by atoms with Crippen LogP contribution in [0.25, 0.3) is 0 Å². The molecule has 0 fully saturated rings. The van der Waals surface area contributed by atoms with Crippen LogP contribution in [0, 0.1) is 0 Å². The van der Waals surface area contributed by atoms with Crippen molar-refractivity contribution in [3.8, 4) is 0 Å². The fraction of sp³-hybridized carbons (Fsp3) is 0. The molecule has 0 aliphatic heterocycles. The number of nitrogens with zero attached hydrogens (tertiary/aromatic N) is 1. The van der Waals surface area contributed by atoms with E-state index in [0.29, 0.717) is 0 Å². The van der Waals surface area contributed by atoms with E-state index in [1.165, 1.54) is 0 Å². The molecule has 0 saturated carbocycles. The molecule has 0 unspecified atom stereocenters. The molecule has 0 bridgehead atoms. The summed E-state index contributed by atoms with van der Waals surface area (Å²) in [6.45, 7) is 0. The van der Waals surface area contributed by atoms with Crippen molar-refractivity contribution in [1.82, 2.24) is 2.82 Å². The molecule has 1 rings (SSSR count). The Morgan fingerprint density at radius 1 is 1.17 bits per heavy atom. The van der Waals surface area contributed by atoms with Crippen LogP contribution in [0.15, 0.2) is 24.5 Å². The van der Waals surface area contributed by atoms with Crippen molar-refractivity contribution in [3.63, 3.8) is 0 Å². The molecular formula is C4H5NTe. The molecule has 1 heterocycles. The van der Waals surface area contributed by atoms with Crippen LogP contribution < -0.4 is 0 Å². The summed E-state index contributed by atoms with van der Waals surface area (Å²) in [6, 6.07) is 4.03. The van der Waals surface area contributed by atoms with E-state index in [9.17, 15) is 0 Å². The SMILES string of the molecule is [TeH]n1cccc1. The van der Waals surface area contributed by atoms with Crippen LogP contribution in [0.2, 0.25) is 0 Å². The van der Waals surface area contributed by atoms with Gasteiger partial charge < -0.3 is 0 Å². The average Bonchev–Trinajstić information content (AvgIpc) is 1.86. The van der Waals surface area contributed by atoms with Gasteiger partial charge in [0.1, 0.15) is 0 Å². The molecule has 0 saturated heterocycles. The van der Waals surface area contributed by atoms with Gasteiger partial charge in [-0.25, -0.2) is 0 Å². The Morgan fingerprint density at radius 2 is 1.67 bits per heavy atom. The summed E-state index contributed by atoms with van der Waals surface area (Å²) >= 11 is 1.68. The summed E-state index contributed by atoms with van der Waals surface area (Å²) in [5.74, 6) is 0. The molecule has 0 amide bonds. The normalized spacial score (nSPS) is 8.83. The minimum absolute atomic E-state index is 1.68. The number of aromatic nitrogens is 1. The van der Waals surface area contributed by atoms with Gasteiger partial charge in [0.05, 0.1) is 0 Å². The van der Waals surface area contributed by atoms with E-state index in [2.05, 4.69) is 2.82 Å². The summed E-state index contributed by atoms with van der Waals surface area (Å²) in [7, 11) is 0. The van der Waals surface area contributed by atoms with E-state index in [4.69, 9.17) is 0 Å². The van der Waals surface area contributed by atoms with E-state index >= 15 is 0 Å². The van der Waals surface area contributed by atoms with Crippen molar-refractivity contribution in [3.05, 3.63) is 24.5 Å². The van der Waals surface area contributed by atoms with E-state index in [1.807, 2.05) is 24.5 Å². The Labute approximate surface area is 50.2 Å². The Morgan fingerprint density at radius 3 is 1.83 bits per heavy atom. The first-order chi connectivity index (χ1) is 2.89. The molecular weight excluding hydrogens is 190 g/mol. The third kappa shape index (κ3) is 0.767. The predicted octanol–water partition coefficient (Wildman–Crippen LogP) is 0.152. The van der Waals surface area contributed by atoms with Gasteiger partial charge in [0.2, 0.25) is 0 Å². The van der Waals surface area contributed by atoms with Crippen molar-refractivity contribution < 1.29 is 0 Å². The van der Waals surface area contributed by atoms with Crippen LogP contribution >= 0.6 is 0 Å². The standard InChI is InChI=1S/C4H5NTe/c6-5-3-1-2-4-5/h1-4,6H. The van der Waals surface area contributed by atoms with Gasteiger partial charge in [-0.1, -0.05) is 0 Å². The molecule has 0 aliphatic rings. The molecule has 0 aromatic carbocycles. The van der Waals surface area contributed by atoms with Crippen LogP contribution in [0.1, 0.15) is 0 Å².